The Kier molecular flexibility index (Phi) is 6.83. The molecule has 1 aliphatic rings. The first-order valence-electron chi connectivity index (χ1n) is 9.40. The van der Waals surface area contributed by atoms with Gasteiger partial charge in [-0.3, -0.25) is 15.6 Å². The zero-order valence-electron chi connectivity index (χ0n) is 16.1. The lowest BCUT2D eigenvalue weighted by atomic mass is 10.1. The minimum Gasteiger partial charge on any atom is -0.331 e. The molecule has 2 aromatic carbocycles. The fraction of sp³-hybridized carbons (Fsp3) is 0.300. The van der Waals surface area contributed by atoms with E-state index in [1.807, 2.05) is 13.0 Å². The Balaban J connectivity index is 1.55. The summed E-state index contributed by atoms with van der Waals surface area (Å²) >= 11 is 5.18. The molecular formula is C20H24N4O3S2. The Hall–Kier alpha value is -2.49. The van der Waals surface area contributed by atoms with E-state index in [9.17, 15) is 13.2 Å². The summed E-state index contributed by atoms with van der Waals surface area (Å²) < 4.78 is 26.9. The third-order valence-corrected chi connectivity index (χ3v) is 6.75. The largest absolute Gasteiger partial charge is 0.331 e. The minimum absolute atomic E-state index is 0.192. The van der Waals surface area contributed by atoms with E-state index in [1.54, 1.807) is 42.5 Å². The number of sulfonamides is 1. The molecule has 3 rings (SSSR count). The number of amides is 1. The molecule has 3 N–H and O–H groups in total. The molecule has 0 atom stereocenters. The molecule has 0 bridgehead atoms. The van der Waals surface area contributed by atoms with Gasteiger partial charge in [-0.25, -0.2) is 8.42 Å². The van der Waals surface area contributed by atoms with E-state index in [2.05, 4.69) is 16.2 Å². The van der Waals surface area contributed by atoms with Gasteiger partial charge in [-0.1, -0.05) is 24.1 Å². The summed E-state index contributed by atoms with van der Waals surface area (Å²) in [5, 5.41) is 3.11. The maximum absolute atomic E-state index is 12.7. The van der Waals surface area contributed by atoms with E-state index < -0.39 is 10.0 Å². The molecule has 1 amide bonds. The van der Waals surface area contributed by atoms with Crippen molar-refractivity contribution in [3.8, 4) is 0 Å². The Morgan fingerprint density at radius 2 is 1.69 bits per heavy atom. The van der Waals surface area contributed by atoms with Gasteiger partial charge in [0.05, 0.1) is 4.90 Å². The van der Waals surface area contributed by atoms with Gasteiger partial charge >= 0.3 is 0 Å². The molecule has 1 heterocycles. The molecule has 1 fully saturated rings. The van der Waals surface area contributed by atoms with E-state index in [4.69, 9.17) is 12.2 Å². The second-order valence-corrected chi connectivity index (χ2v) is 9.24. The molecule has 1 saturated heterocycles. The number of carbonyl (C=O) groups excluding carboxylic acids is 1. The van der Waals surface area contributed by atoms with E-state index in [1.165, 1.54) is 4.31 Å². The summed E-state index contributed by atoms with van der Waals surface area (Å²) in [6, 6.07) is 13.6. The summed E-state index contributed by atoms with van der Waals surface area (Å²) in [5.74, 6) is -0.305. The SMILES string of the molecule is Cc1cccc(C(=O)NNC(=S)Nc2ccc(S(=O)(=O)N3CCCCC3)cc2)c1. The van der Waals surface area contributed by atoms with E-state index in [0.717, 1.165) is 24.8 Å². The number of nitrogens with zero attached hydrogens (tertiary/aromatic N) is 1. The monoisotopic (exact) mass is 432 g/mol. The van der Waals surface area contributed by atoms with Crippen LogP contribution >= 0.6 is 12.2 Å². The van der Waals surface area contributed by atoms with Crippen LogP contribution in [0.1, 0.15) is 35.2 Å². The molecule has 0 aliphatic carbocycles. The van der Waals surface area contributed by atoms with Gasteiger partial charge in [0.2, 0.25) is 10.0 Å². The summed E-state index contributed by atoms with van der Waals surface area (Å²) in [6.07, 6.45) is 2.86. The van der Waals surface area contributed by atoms with Crippen molar-refractivity contribution in [2.75, 3.05) is 18.4 Å². The van der Waals surface area contributed by atoms with Crippen molar-refractivity contribution < 1.29 is 13.2 Å². The standard InChI is InChI=1S/C20H24N4O3S2/c1-15-6-5-7-16(14-15)19(25)22-23-20(28)21-17-8-10-18(11-9-17)29(26,27)24-12-3-2-4-13-24/h5-11,14H,2-4,12-13H2,1H3,(H,22,25)(H2,21,23,28). The first kappa shape index (κ1) is 21.2. The molecule has 154 valence electrons. The van der Waals surface area contributed by atoms with Crippen molar-refractivity contribution >= 4 is 38.9 Å². The van der Waals surface area contributed by atoms with Crippen LogP contribution in [0.2, 0.25) is 0 Å². The number of thiocarbonyl (C=S) groups is 1. The van der Waals surface area contributed by atoms with Crippen LogP contribution in [0, 0.1) is 6.92 Å². The van der Waals surface area contributed by atoms with Crippen LogP contribution in [-0.2, 0) is 10.0 Å². The average Bonchev–Trinajstić information content (AvgIpc) is 2.73. The topological polar surface area (TPSA) is 90.5 Å². The number of benzene rings is 2. The van der Waals surface area contributed by atoms with Gasteiger partial charge < -0.3 is 5.32 Å². The van der Waals surface area contributed by atoms with Crippen molar-refractivity contribution in [3.63, 3.8) is 0 Å². The second kappa shape index (κ2) is 9.34. The lowest BCUT2D eigenvalue weighted by molar-refractivity contribution is 0.0944. The van der Waals surface area contributed by atoms with E-state index >= 15 is 0 Å². The van der Waals surface area contributed by atoms with Gasteiger partial charge in [0, 0.05) is 24.3 Å². The summed E-state index contributed by atoms with van der Waals surface area (Å²) in [5.41, 5.74) is 7.29. The average molecular weight is 433 g/mol. The van der Waals surface area contributed by atoms with Gasteiger partial charge in [-0.05, 0) is 68.4 Å². The molecule has 0 spiro atoms. The first-order valence-corrected chi connectivity index (χ1v) is 11.3. The molecular weight excluding hydrogens is 408 g/mol. The third-order valence-electron chi connectivity index (χ3n) is 4.63. The highest BCUT2D eigenvalue weighted by atomic mass is 32.2. The lowest BCUT2D eigenvalue weighted by Gasteiger charge is -2.25. The first-order chi connectivity index (χ1) is 13.9. The van der Waals surface area contributed by atoms with Crippen molar-refractivity contribution in [2.24, 2.45) is 0 Å². The number of hydrogen-bond donors (Lipinski definition) is 3. The fourth-order valence-corrected chi connectivity index (χ4v) is 4.78. The van der Waals surface area contributed by atoms with Crippen LogP contribution in [0.3, 0.4) is 0 Å². The number of hydrogen-bond acceptors (Lipinski definition) is 4. The van der Waals surface area contributed by atoms with Crippen molar-refractivity contribution in [3.05, 3.63) is 59.7 Å². The Labute approximate surface area is 176 Å². The van der Waals surface area contributed by atoms with Crippen LogP contribution in [0.4, 0.5) is 5.69 Å². The quantitative estimate of drug-likeness (QED) is 0.508. The van der Waals surface area contributed by atoms with E-state index in [0.29, 0.717) is 24.3 Å². The number of hydrazine groups is 1. The number of anilines is 1. The highest BCUT2D eigenvalue weighted by molar-refractivity contribution is 7.89. The summed E-state index contributed by atoms with van der Waals surface area (Å²) in [4.78, 5) is 12.4. The predicted octanol–water partition coefficient (Wildman–Crippen LogP) is 2.80. The number of piperidine rings is 1. The van der Waals surface area contributed by atoms with Gasteiger partial charge in [-0.15, -0.1) is 0 Å². The maximum Gasteiger partial charge on any atom is 0.269 e. The molecule has 0 unspecified atom stereocenters. The van der Waals surface area contributed by atoms with Crippen LogP contribution in [0.5, 0.6) is 0 Å². The smallest absolute Gasteiger partial charge is 0.269 e. The summed E-state index contributed by atoms with van der Waals surface area (Å²) in [6.45, 7) is 3.04. The molecule has 1 aliphatic heterocycles. The van der Waals surface area contributed by atoms with E-state index in [-0.39, 0.29) is 15.9 Å². The minimum atomic E-state index is -3.46. The van der Waals surface area contributed by atoms with Crippen LogP contribution < -0.4 is 16.2 Å². The Bertz CT molecular complexity index is 985. The van der Waals surface area contributed by atoms with Gasteiger partial charge in [0.15, 0.2) is 5.11 Å². The van der Waals surface area contributed by atoms with Crippen LogP contribution in [-0.4, -0.2) is 36.8 Å². The van der Waals surface area contributed by atoms with Crippen molar-refractivity contribution in [1.82, 2.24) is 15.2 Å². The molecule has 9 heteroatoms. The van der Waals surface area contributed by atoms with Gasteiger partial charge in [0.25, 0.3) is 5.91 Å². The molecule has 0 radical (unpaired) electrons. The normalized spacial score (nSPS) is 14.8. The lowest BCUT2D eigenvalue weighted by Crippen LogP contribution is -2.43. The van der Waals surface area contributed by atoms with Crippen molar-refractivity contribution in [2.45, 2.75) is 31.1 Å². The molecule has 7 nitrogen and oxygen atoms in total. The summed E-state index contributed by atoms with van der Waals surface area (Å²) in [7, 11) is -3.46. The molecule has 29 heavy (non-hydrogen) atoms. The second-order valence-electron chi connectivity index (χ2n) is 6.89. The maximum atomic E-state index is 12.7. The van der Waals surface area contributed by atoms with Gasteiger partial charge in [0.1, 0.15) is 0 Å². The Morgan fingerprint density at radius 3 is 2.34 bits per heavy atom. The molecule has 2 aromatic rings. The number of aryl methyl sites for hydroxylation is 1. The van der Waals surface area contributed by atoms with Crippen LogP contribution in [0.25, 0.3) is 0 Å². The number of carbonyl (C=O) groups is 1. The van der Waals surface area contributed by atoms with Crippen LogP contribution in [0.15, 0.2) is 53.4 Å². The zero-order valence-corrected chi connectivity index (χ0v) is 17.8. The number of rotatable bonds is 4. The highest BCUT2D eigenvalue weighted by Gasteiger charge is 2.25. The van der Waals surface area contributed by atoms with Gasteiger partial charge in [-0.2, -0.15) is 4.31 Å². The number of nitrogens with one attached hydrogen (secondary N) is 3. The van der Waals surface area contributed by atoms with Crippen molar-refractivity contribution in [1.29, 1.82) is 0 Å². The molecule has 0 saturated carbocycles. The molecule has 0 aromatic heterocycles. The zero-order chi connectivity index (χ0) is 20.9. The third kappa shape index (κ3) is 5.53. The highest BCUT2D eigenvalue weighted by Crippen LogP contribution is 2.21. The fourth-order valence-electron chi connectivity index (χ4n) is 3.10. The predicted molar refractivity (Wildman–Crippen MR) is 117 cm³/mol. The Morgan fingerprint density at radius 1 is 1.00 bits per heavy atom.